The van der Waals surface area contributed by atoms with Crippen LogP contribution in [0.4, 0.5) is 0 Å². The molecule has 0 bridgehead atoms. The molecular weight excluding hydrogens is 263 g/mol. The smallest absolute Gasteiger partial charge is 0.155 e. The molecule has 2 nitrogen and oxygen atoms in total. The molecule has 0 aliphatic rings. The Kier molecular flexibility index (Phi) is 2.61. The molecule has 0 N–H and O–H groups in total. The summed E-state index contributed by atoms with van der Waals surface area (Å²) < 4.78 is 2.98. The van der Waals surface area contributed by atoms with Crippen LogP contribution < -0.4 is 0 Å². The molecule has 0 saturated heterocycles. The summed E-state index contributed by atoms with van der Waals surface area (Å²) in [4.78, 5) is 4.23. The van der Waals surface area contributed by atoms with Crippen LogP contribution >= 0.6 is 27.5 Å². The molecule has 2 heterocycles. The van der Waals surface area contributed by atoms with Crippen molar-refractivity contribution in [3.8, 4) is 5.82 Å². The molecule has 0 unspecified atom stereocenters. The SMILES string of the molecule is Cc1cc(Br)cn1-c1ncccc1Cl. The number of rotatable bonds is 1. The summed E-state index contributed by atoms with van der Waals surface area (Å²) in [6, 6.07) is 5.67. The highest BCUT2D eigenvalue weighted by molar-refractivity contribution is 9.10. The number of hydrogen-bond donors (Lipinski definition) is 0. The summed E-state index contributed by atoms with van der Waals surface area (Å²) in [5.74, 6) is 0.761. The molecule has 0 fully saturated rings. The van der Waals surface area contributed by atoms with Crippen molar-refractivity contribution in [1.29, 1.82) is 0 Å². The second-order valence-electron chi connectivity index (χ2n) is 2.98. The molecule has 0 amide bonds. The van der Waals surface area contributed by atoms with E-state index in [9.17, 15) is 0 Å². The first-order chi connectivity index (χ1) is 6.68. The Bertz CT molecular complexity index is 465. The Morgan fingerprint density at radius 2 is 2.29 bits per heavy atom. The molecule has 14 heavy (non-hydrogen) atoms. The molecule has 0 aliphatic heterocycles. The Morgan fingerprint density at radius 1 is 1.50 bits per heavy atom. The molecule has 0 aliphatic carbocycles. The zero-order valence-corrected chi connectivity index (χ0v) is 9.88. The lowest BCUT2D eigenvalue weighted by molar-refractivity contribution is 0.961. The molecule has 0 aromatic carbocycles. The summed E-state index contributed by atoms with van der Waals surface area (Å²) in [7, 11) is 0. The first-order valence-corrected chi connectivity index (χ1v) is 5.31. The van der Waals surface area contributed by atoms with Gasteiger partial charge in [0.05, 0.1) is 5.02 Å². The fraction of sp³-hybridized carbons (Fsp3) is 0.100. The van der Waals surface area contributed by atoms with Gasteiger partial charge in [-0.25, -0.2) is 4.98 Å². The maximum absolute atomic E-state index is 6.04. The lowest BCUT2D eigenvalue weighted by Crippen LogP contribution is -1.97. The number of aromatic nitrogens is 2. The van der Waals surface area contributed by atoms with Gasteiger partial charge >= 0.3 is 0 Å². The van der Waals surface area contributed by atoms with Crippen LogP contribution in [0.25, 0.3) is 5.82 Å². The van der Waals surface area contributed by atoms with E-state index in [2.05, 4.69) is 20.9 Å². The summed E-state index contributed by atoms with van der Waals surface area (Å²) in [5, 5.41) is 0.652. The predicted octanol–water partition coefficient (Wildman–Crippen LogP) is 3.60. The maximum atomic E-state index is 6.04. The molecular formula is C10H8BrClN2. The van der Waals surface area contributed by atoms with Gasteiger partial charge in [-0.15, -0.1) is 0 Å². The second-order valence-corrected chi connectivity index (χ2v) is 4.30. The highest BCUT2D eigenvalue weighted by Gasteiger charge is 2.06. The Labute approximate surface area is 95.7 Å². The topological polar surface area (TPSA) is 17.8 Å². The number of pyridine rings is 1. The van der Waals surface area contributed by atoms with Crippen LogP contribution in [0.5, 0.6) is 0 Å². The van der Waals surface area contributed by atoms with Gasteiger partial charge in [0.1, 0.15) is 0 Å². The van der Waals surface area contributed by atoms with Gasteiger partial charge in [0.15, 0.2) is 5.82 Å². The quantitative estimate of drug-likeness (QED) is 0.775. The third kappa shape index (κ3) is 1.70. The van der Waals surface area contributed by atoms with Crippen LogP contribution in [0, 0.1) is 6.92 Å². The second kappa shape index (κ2) is 3.75. The van der Waals surface area contributed by atoms with E-state index >= 15 is 0 Å². The lowest BCUT2D eigenvalue weighted by atomic mass is 10.4. The minimum Gasteiger partial charge on any atom is -0.304 e. The zero-order valence-electron chi connectivity index (χ0n) is 7.54. The van der Waals surface area contributed by atoms with Gasteiger partial charge in [0.2, 0.25) is 0 Å². The number of hydrogen-bond acceptors (Lipinski definition) is 1. The van der Waals surface area contributed by atoms with Crippen molar-refractivity contribution < 1.29 is 0 Å². The molecule has 0 radical (unpaired) electrons. The first-order valence-electron chi connectivity index (χ1n) is 4.14. The van der Waals surface area contributed by atoms with E-state index in [0.717, 1.165) is 16.0 Å². The van der Waals surface area contributed by atoms with Crippen LogP contribution in [-0.2, 0) is 0 Å². The summed E-state index contributed by atoms with van der Waals surface area (Å²) in [6.07, 6.45) is 3.68. The minimum absolute atomic E-state index is 0.652. The van der Waals surface area contributed by atoms with Gasteiger partial charge in [-0.05, 0) is 41.1 Å². The number of aryl methyl sites for hydroxylation is 1. The minimum atomic E-state index is 0.652. The average molecular weight is 272 g/mol. The van der Waals surface area contributed by atoms with Gasteiger partial charge in [0, 0.05) is 22.6 Å². The molecule has 0 spiro atoms. The van der Waals surface area contributed by atoms with Gasteiger partial charge in [-0.2, -0.15) is 0 Å². The largest absolute Gasteiger partial charge is 0.304 e. The Hall–Kier alpha value is -0.800. The molecule has 72 valence electrons. The highest BCUT2D eigenvalue weighted by atomic mass is 79.9. The zero-order chi connectivity index (χ0) is 10.1. The number of halogens is 2. The van der Waals surface area contributed by atoms with Gasteiger partial charge in [-0.3, -0.25) is 0 Å². The van der Waals surface area contributed by atoms with E-state index in [4.69, 9.17) is 11.6 Å². The summed E-state index contributed by atoms with van der Waals surface area (Å²) in [5.41, 5.74) is 1.09. The van der Waals surface area contributed by atoms with Crippen LogP contribution in [0.3, 0.4) is 0 Å². The van der Waals surface area contributed by atoms with E-state index in [1.807, 2.05) is 35.9 Å². The predicted molar refractivity (Wildman–Crippen MR) is 61.0 cm³/mol. The standard InChI is InChI=1S/C10H8BrClN2/c1-7-5-8(11)6-14(7)10-9(12)3-2-4-13-10/h2-6H,1H3. The van der Waals surface area contributed by atoms with Gasteiger partial charge in [-0.1, -0.05) is 11.6 Å². The Morgan fingerprint density at radius 3 is 2.86 bits per heavy atom. The fourth-order valence-corrected chi connectivity index (χ4v) is 2.06. The molecule has 2 aromatic rings. The summed E-state index contributed by atoms with van der Waals surface area (Å²) in [6.45, 7) is 2.01. The molecule has 0 atom stereocenters. The third-order valence-corrected chi connectivity index (χ3v) is 2.68. The monoisotopic (exact) mass is 270 g/mol. The van der Waals surface area contributed by atoms with Crippen molar-refractivity contribution in [2.45, 2.75) is 6.92 Å². The molecule has 0 saturated carbocycles. The van der Waals surface area contributed by atoms with E-state index in [0.29, 0.717) is 5.02 Å². The van der Waals surface area contributed by atoms with Crippen molar-refractivity contribution in [2.24, 2.45) is 0 Å². The molecule has 4 heteroatoms. The lowest BCUT2D eigenvalue weighted by Gasteiger charge is -2.05. The van der Waals surface area contributed by atoms with E-state index in [1.165, 1.54) is 0 Å². The van der Waals surface area contributed by atoms with Gasteiger partial charge in [0.25, 0.3) is 0 Å². The highest BCUT2D eigenvalue weighted by Crippen LogP contribution is 2.22. The van der Waals surface area contributed by atoms with Crippen molar-refractivity contribution in [2.75, 3.05) is 0 Å². The van der Waals surface area contributed by atoms with E-state index in [1.54, 1.807) is 6.20 Å². The van der Waals surface area contributed by atoms with Crippen molar-refractivity contribution in [3.63, 3.8) is 0 Å². The number of nitrogens with zero attached hydrogens (tertiary/aromatic N) is 2. The third-order valence-electron chi connectivity index (χ3n) is 1.95. The van der Waals surface area contributed by atoms with Crippen LogP contribution in [0.2, 0.25) is 5.02 Å². The maximum Gasteiger partial charge on any atom is 0.155 e. The van der Waals surface area contributed by atoms with E-state index < -0.39 is 0 Å². The first kappa shape index (κ1) is 9.74. The van der Waals surface area contributed by atoms with Crippen LogP contribution in [0.1, 0.15) is 5.69 Å². The molecule has 2 rings (SSSR count). The van der Waals surface area contributed by atoms with Crippen molar-refractivity contribution >= 4 is 27.5 Å². The van der Waals surface area contributed by atoms with E-state index in [-0.39, 0.29) is 0 Å². The van der Waals surface area contributed by atoms with Crippen molar-refractivity contribution in [1.82, 2.24) is 9.55 Å². The van der Waals surface area contributed by atoms with Crippen molar-refractivity contribution in [3.05, 3.63) is 45.8 Å². The normalized spacial score (nSPS) is 10.5. The molecule has 2 aromatic heterocycles. The summed E-state index contributed by atoms with van der Waals surface area (Å²) >= 11 is 9.45. The fourth-order valence-electron chi connectivity index (χ4n) is 1.31. The Balaban J connectivity index is 2.60. The average Bonchev–Trinajstić information content (AvgIpc) is 2.46. The van der Waals surface area contributed by atoms with Crippen LogP contribution in [0.15, 0.2) is 35.1 Å². The van der Waals surface area contributed by atoms with Crippen LogP contribution in [-0.4, -0.2) is 9.55 Å². The van der Waals surface area contributed by atoms with Gasteiger partial charge < -0.3 is 4.57 Å².